The van der Waals surface area contributed by atoms with Crippen LogP contribution >= 0.6 is 0 Å². The van der Waals surface area contributed by atoms with Gasteiger partial charge in [0.2, 0.25) is 0 Å². The number of rotatable bonds is 2. The van der Waals surface area contributed by atoms with E-state index in [-0.39, 0.29) is 16.7 Å². The van der Waals surface area contributed by atoms with Gasteiger partial charge in [-0.05, 0) is 48.4 Å². The number of nitro groups is 1. The summed E-state index contributed by atoms with van der Waals surface area (Å²) in [6.07, 6.45) is 5.63. The van der Waals surface area contributed by atoms with Crippen LogP contribution < -0.4 is 5.32 Å². The van der Waals surface area contributed by atoms with Crippen LogP contribution in [0.25, 0.3) is 0 Å². The maximum atomic E-state index is 10.9. The fourth-order valence-electron chi connectivity index (χ4n) is 4.18. The van der Waals surface area contributed by atoms with Crippen LogP contribution in [0.2, 0.25) is 0 Å². The molecule has 1 aliphatic carbocycles. The summed E-state index contributed by atoms with van der Waals surface area (Å²) < 4.78 is 0. The predicted octanol–water partition coefficient (Wildman–Crippen LogP) is 5.04. The van der Waals surface area contributed by atoms with Crippen molar-refractivity contribution >= 4 is 11.4 Å². The number of hydrogen-bond acceptors (Lipinski definition) is 3. The average Bonchev–Trinajstić information content (AvgIpc) is 3.07. The Bertz CT molecular complexity index is 839. The second kappa shape index (κ2) is 5.48. The molecule has 4 rings (SSSR count). The topological polar surface area (TPSA) is 55.2 Å². The van der Waals surface area contributed by atoms with Crippen LogP contribution in [0.3, 0.4) is 0 Å². The fraction of sp³-hybridized carbons (Fsp3) is 0.300. The number of anilines is 1. The molecule has 4 nitrogen and oxygen atoms in total. The first-order valence-corrected chi connectivity index (χ1v) is 8.34. The molecule has 0 saturated carbocycles. The summed E-state index contributed by atoms with van der Waals surface area (Å²) >= 11 is 0. The van der Waals surface area contributed by atoms with Gasteiger partial charge in [0.05, 0.1) is 11.0 Å². The Morgan fingerprint density at radius 2 is 1.79 bits per heavy atom. The fourth-order valence-corrected chi connectivity index (χ4v) is 4.18. The first-order valence-electron chi connectivity index (χ1n) is 8.34. The van der Waals surface area contributed by atoms with Crippen molar-refractivity contribution in [2.75, 3.05) is 5.32 Å². The Morgan fingerprint density at radius 1 is 1.08 bits per heavy atom. The number of fused-ring (bicyclic) bond motifs is 3. The smallest absolute Gasteiger partial charge is 0.269 e. The highest BCUT2D eigenvalue weighted by molar-refractivity contribution is 5.66. The van der Waals surface area contributed by atoms with Gasteiger partial charge in [0.1, 0.15) is 0 Å². The zero-order valence-electron chi connectivity index (χ0n) is 13.8. The summed E-state index contributed by atoms with van der Waals surface area (Å²) in [6, 6.07) is 11.5. The van der Waals surface area contributed by atoms with Gasteiger partial charge in [-0.15, -0.1) is 0 Å². The van der Waals surface area contributed by atoms with Gasteiger partial charge in [-0.1, -0.05) is 36.4 Å². The molecule has 0 unspecified atom stereocenters. The lowest BCUT2D eigenvalue weighted by Crippen LogP contribution is -2.30. The Hall–Kier alpha value is -2.62. The molecule has 0 bridgehead atoms. The van der Waals surface area contributed by atoms with Gasteiger partial charge in [-0.2, -0.15) is 0 Å². The molecule has 0 aromatic heterocycles. The molecular formula is C20H20N2O2. The summed E-state index contributed by atoms with van der Waals surface area (Å²) in [6.45, 7) is 4.31. The van der Waals surface area contributed by atoms with Crippen LogP contribution in [0.4, 0.5) is 11.4 Å². The van der Waals surface area contributed by atoms with Gasteiger partial charge in [0, 0.05) is 23.7 Å². The van der Waals surface area contributed by atoms with Crippen LogP contribution in [0.15, 0.2) is 48.6 Å². The second-order valence-electron chi connectivity index (χ2n) is 6.81. The Morgan fingerprint density at radius 3 is 2.50 bits per heavy atom. The molecule has 24 heavy (non-hydrogen) atoms. The summed E-state index contributed by atoms with van der Waals surface area (Å²) in [5, 5.41) is 14.6. The van der Waals surface area contributed by atoms with Crippen molar-refractivity contribution in [2.24, 2.45) is 5.92 Å². The third kappa shape index (κ3) is 2.21. The predicted molar refractivity (Wildman–Crippen MR) is 95.4 cm³/mol. The lowest BCUT2D eigenvalue weighted by Gasteiger charge is -2.39. The quantitative estimate of drug-likeness (QED) is 0.479. The Kier molecular flexibility index (Phi) is 3.41. The molecule has 1 heterocycles. The van der Waals surface area contributed by atoms with Crippen LogP contribution in [0.5, 0.6) is 0 Å². The van der Waals surface area contributed by atoms with E-state index < -0.39 is 0 Å². The molecule has 3 atom stereocenters. The number of nitrogens with one attached hydrogen (secondary N) is 1. The molecule has 4 heteroatoms. The molecular weight excluding hydrogens is 300 g/mol. The SMILES string of the molecule is Cc1ccc(C)c2c1N[C@H](c1ccc([N+](=O)[O-])cc1)[C@@H]1CC=C[C@@H]21. The number of aryl methyl sites for hydroxylation is 2. The monoisotopic (exact) mass is 320 g/mol. The van der Waals surface area contributed by atoms with E-state index in [1.807, 2.05) is 12.1 Å². The zero-order chi connectivity index (χ0) is 16.8. The van der Waals surface area contributed by atoms with E-state index in [9.17, 15) is 10.1 Å². The first-order chi connectivity index (χ1) is 11.6. The van der Waals surface area contributed by atoms with Gasteiger partial charge < -0.3 is 5.32 Å². The highest BCUT2D eigenvalue weighted by Crippen LogP contribution is 2.51. The summed E-state index contributed by atoms with van der Waals surface area (Å²) in [5.41, 5.74) is 6.47. The van der Waals surface area contributed by atoms with Gasteiger partial charge >= 0.3 is 0 Å². The highest BCUT2D eigenvalue weighted by Gasteiger charge is 2.39. The van der Waals surface area contributed by atoms with Crippen LogP contribution in [-0.2, 0) is 0 Å². The van der Waals surface area contributed by atoms with Gasteiger partial charge in [0.15, 0.2) is 0 Å². The lowest BCUT2D eigenvalue weighted by atomic mass is 9.75. The standard InChI is InChI=1S/C20H20N2O2/c1-12-6-7-13(2)19-18(12)16-4-3-5-17(16)20(21-19)14-8-10-15(11-9-14)22(23)24/h3-4,6-11,16-17,20-21H,5H2,1-2H3/t16-,17-,20-/m1/s1. The first kappa shape index (κ1) is 14.9. The third-order valence-corrected chi connectivity index (χ3v) is 5.41. The number of nitro benzene ring substituents is 1. The molecule has 0 spiro atoms. The van der Waals surface area contributed by atoms with Crippen molar-refractivity contribution < 1.29 is 4.92 Å². The lowest BCUT2D eigenvalue weighted by molar-refractivity contribution is -0.384. The highest BCUT2D eigenvalue weighted by atomic mass is 16.6. The van der Waals surface area contributed by atoms with Gasteiger partial charge in [0.25, 0.3) is 5.69 Å². The van der Waals surface area contributed by atoms with E-state index in [4.69, 9.17) is 0 Å². The summed E-state index contributed by atoms with van der Waals surface area (Å²) in [7, 11) is 0. The largest absolute Gasteiger partial charge is 0.377 e. The Balaban J connectivity index is 1.78. The molecule has 2 aliphatic rings. The van der Waals surface area contributed by atoms with E-state index in [1.165, 1.54) is 22.4 Å². The molecule has 1 aliphatic heterocycles. The van der Waals surface area contributed by atoms with Crippen molar-refractivity contribution in [2.45, 2.75) is 32.2 Å². The molecule has 0 radical (unpaired) electrons. The zero-order valence-corrected chi connectivity index (χ0v) is 13.8. The van der Waals surface area contributed by atoms with Crippen molar-refractivity contribution in [1.82, 2.24) is 0 Å². The maximum Gasteiger partial charge on any atom is 0.269 e. The second-order valence-corrected chi connectivity index (χ2v) is 6.81. The van der Waals surface area contributed by atoms with E-state index in [0.717, 1.165) is 12.0 Å². The number of hydrogen-bond donors (Lipinski definition) is 1. The summed E-state index contributed by atoms with van der Waals surface area (Å²) in [5.74, 6) is 0.876. The van der Waals surface area contributed by atoms with Crippen molar-refractivity contribution in [3.63, 3.8) is 0 Å². The minimum absolute atomic E-state index is 0.142. The number of benzene rings is 2. The Labute approximate surface area is 141 Å². The van der Waals surface area contributed by atoms with Crippen LogP contribution in [0.1, 0.15) is 40.6 Å². The molecule has 2 aromatic rings. The number of non-ortho nitro benzene ring substituents is 1. The molecule has 0 saturated heterocycles. The normalized spacial score (nSPS) is 24.2. The van der Waals surface area contributed by atoms with Crippen LogP contribution in [0, 0.1) is 29.9 Å². The molecule has 2 aromatic carbocycles. The van der Waals surface area contributed by atoms with Crippen molar-refractivity contribution in [3.8, 4) is 0 Å². The number of nitrogens with zero attached hydrogens (tertiary/aromatic N) is 1. The molecule has 1 N–H and O–H groups in total. The van der Waals surface area contributed by atoms with Crippen LogP contribution in [-0.4, -0.2) is 4.92 Å². The van der Waals surface area contributed by atoms with Crippen molar-refractivity contribution in [1.29, 1.82) is 0 Å². The minimum Gasteiger partial charge on any atom is -0.377 e. The average molecular weight is 320 g/mol. The maximum absolute atomic E-state index is 10.9. The van der Waals surface area contributed by atoms with Crippen molar-refractivity contribution in [3.05, 3.63) is 80.9 Å². The van der Waals surface area contributed by atoms with Gasteiger partial charge in [-0.25, -0.2) is 0 Å². The molecule has 0 amide bonds. The van der Waals surface area contributed by atoms with E-state index >= 15 is 0 Å². The third-order valence-electron chi connectivity index (χ3n) is 5.41. The molecule has 0 fully saturated rings. The summed E-state index contributed by atoms with van der Waals surface area (Å²) in [4.78, 5) is 10.6. The van der Waals surface area contributed by atoms with E-state index in [0.29, 0.717) is 11.8 Å². The number of allylic oxidation sites excluding steroid dienone is 2. The van der Waals surface area contributed by atoms with Gasteiger partial charge in [-0.3, -0.25) is 10.1 Å². The molecule has 122 valence electrons. The van der Waals surface area contributed by atoms with E-state index in [2.05, 4.69) is 43.4 Å². The van der Waals surface area contributed by atoms with E-state index in [1.54, 1.807) is 12.1 Å². The minimum atomic E-state index is -0.346.